The van der Waals surface area contributed by atoms with Crippen LogP contribution in [0.15, 0.2) is 6.07 Å². The highest BCUT2D eigenvalue weighted by Crippen LogP contribution is 2.25. The Labute approximate surface area is 104 Å². The minimum absolute atomic E-state index is 0.450. The third kappa shape index (κ3) is 3.48. The zero-order chi connectivity index (χ0) is 11.4. The van der Waals surface area contributed by atoms with Crippen LogP contribution in [0.4, 0.5) is 5.82 Å². The molecular formula is C9H11Cl2N3S. The summed E-state index contributed by atoms with van der Waals surface area (Å²) in [5, 5.41) is 7.33. The van der Waals surface area contributed by atoms with E-state index in [1.165, 1.54) is 0 Å². The summed E-state index contributed by atoms with van der Waals surface area (Å²) >= 11 is 16.8. The molecule has 1 aromatic heterocycles. The first-order valence-electron chi connectivity index (χ1n) is 4.42. The van der Waals surface area contributed by atoms with Gasteiger partial charge in [-0.25, -0.2) is 4.98 Å². The third-order valence-electron chi connectivity index (χ3n) is 1.67. The summed E-state index contributed by atoms with van der Waals surface area (Å²) in [5.74, 6) is 0.518. The van der Waals surface area contributed by atoms with Crippen LogP contribution in [0.1, 0.15) is 12.6 Å². The van der Waals surface area contributed by atoms with E-state index in [4.69, 9.17) is 35.4 Å². The number of aromatic nitrogens is 1. The number of thiocarbonyl (C=S) groups is 1. The second-order valence-corrected chi connectivity index (χ2v) is 4.09. The zero-order valence-electron chi connectivity index (χ0n) is 8.40. The van der Waals surface area contributed by atoms with E-state index < -0.39 is 0 Å². The molecule has 0 aliphatic heterocycles. The molecule has 0 fully saturated rings. The third-order valence-corrected chi connectivity index (χ3v) is 2.59. The van der Waals surface area contributed by atoms with Gasteiger partial charge in [-0.3, -0.25) is 0 Å². The maximum Gasteiger partial charge on any atom is 0.171 e. The van der Waals surface area contributed by atoms with Gasteiger partial charge in [0.2, 0.25) is 0 Å². The van der Waals surface area contributed by atoms with Gasteiger partial charge < -0.3 is 10.6 Å². The number of nitrogens with zero attached hydrogens (tertiary/aromatic N) is 1. The maximum absolute atomic E-state index is 5.95. The van der Waals surface area contributed by atoms with Crippen molar-refractivity contribution in [3.8, 4) is 0 Å². The number of rotatable bonds is 2. The number of hydrogen-bond acceptors (Lipinski definition) is 2. The van der Waals surface area contributed by atoms with Gasteiger partial charge in [-0.15, -0.1) is 0 Å². The van der Waals surface area contributed by atoms with Crippen molar-refractivity contribution in [2.75, 3.05) is 11.9 Å². The Bertz CT molecular complexity index is 382. The fraction of sp³-hybridized carbons (Fsp3) is 0.333. The quantitative estimate of drug-likeness (QED) is 0.805. The van der Waals surface area contributed by atoms with Crippen molar-refractivity contribution >= 4 is 46.4 Å². The standard InChI is InChI=1S/C9H11Cl2N3S/c1-3-12-9(15)14-8-7(11)4-6(10)5(2)13-8/h4H,3H2,1-2H3,(H2,12,13,14,15). The molecule has 0 saturated heterocycles. The fourth-order valence-corrected chi connectivity index (χ4v) is 1.61. The SMILES string of the molecule is CCNC(=S)Nc1nc(C)c(Cl)cc1Cl. The Morgan fingerprint density at radius 2 is 2.13 bits per heavy atom. The lowest BCUT2D eigenvalue weighted by Crippen LogP contribution is -2.28. The highest BCUT2D eigenvalue weighted by Gasteiger charge is 2.07. The molecule has 2 N–H and O–H groups in total. The first-order valence-corrected chi connectivity index (χ1v) is 5.58. The van der Waals surface area contributed by atoms with E-state index in [1.807, 2.05) is 6.92 Å². The molecule has 6 heteroatoms. The molecule has 0 amide bonds. The van der Waals surface area contributed by atoms with Crippen molar-refractivity contribution in [2.45, 2.75) is 13.8 Å². The zero-order valence-corrected chi connectivity index (χ0v) is 10.7. The minimum Gasteiger partial charge on any atom is -0.363 e. The van der Waals surface area contributed by atoms with Crippen LogP contribution in [0.25, 0.3) is 0 Å². The molecule has 0 spiro atoms. The molecule has 82 valence electrons. The van der Waals surface area contributed by atoms with Crippen molar-refractivity contribution in [2.24, 2.45) is 0 Å². The van der Waals surface area contributed by atoms with E-state index in [9.17, 15) is 0 Å². The van der Waals surface area contributed by atoms with Crippen LogP contribution in [0, 0.1) is 6.92 Å². The highest BCUT2D eigenvalue weighted by molar-refractivity contribution is 7.80. The predicted molar refractivity (Wildman–Crippen MR) is 68.9 cm³/mol. The lowest BCUT2D eigenvalue weighted by molar-refractivity contribution is 0.977. The smallest absolute Gasteiger partial charge is 0.171 e. The molecule has 1 heterocycles. The largest absolute Gasteiger partial charge is 0.363 e. The normalized spacial score (nSPS) is 9.87. The van der Waals surface area contributed by atoms with Crippen LogP contribution in [0.2, 0.25) is 10.0 Å². The highest BCUT2D eigenvalue weighted by atomic mass is 35.5. The molecule has 0 aliphatic carbocycles. The average molecular weight is 264 g/mol. The fourth-order valence-electron chi connectivity index (χ4n) is 0.959. The van der Waals surface area contributed by atoms with Gasteiger partial charge in [0.25, 0.3) is 0 Å². The number of halogens is 2. The van der Waals surface area contributed by atoms with Crippen LogP contribution >= 0.6 is 35.4 Å². The lowest BCUT2D eigenvalue weighted by Gasteiger charge is -2.10. The number of pyridine rings is 1. The van der Waals surface area contributed by atoms with E-state index in [0.29, 0.717) is 26.7 Å². The van der Waals surface area contributed by atoms with Gasteiger partial charge in [0.05, 0.1) is 15.7 Å². The van der Waals surface area contributed by atoms with E-state index in [1.54, 1.807) is 13.0 Å². The Hall–Kier alpha value is -0.580. The molecular weight excluding hydrogens is 253 g/mol. The Morgan fingerprint density at radius 3 is 2.73 bits per heavy atom. The molecule has 1 aromatic rings. The molecule has 0 atom stereocenters. The molecule has 0 saturated carbocycles. The Kier molecular flexibility index (Phi) is 4.57. The van der Waals surface area contributed by atoms with Crippen molar-refractivity contribution in [3.63, 3.8) is 0 Å². The number of aryl methyl sites for hydroxylation is 1. The molecule has 1 rings (SSSR count). The molecule has 3 nitrogen and oxygen atoms in total. The molecule has 0 bridgehead atoms. The molecule has 0 unspecified atom stereocenters. The number of nitrogens with one attached hydrogen (secondary N) is 2. The van der Waals surface area contributed by atoms with Crippen LogP contribution in [0.5, 0.6) is 0 Å². The summed E-state index contributed by atoms with van der Waals surface area (Å²) in [6, 6.07) is 1.64. The van der Waals surface area contributed by atoms with E-state index in [-0.39, 0.29) is 0 Å². The van der Waals surface area contributed by atoms with Crippen LogP contribution < -0.4 is 10.6 Å². The Morgan fingerprint density at radius 1 is 1.47 bits per heavy atom. The van der Waals surface area contributed by atoms with Crippen LogP contribution in [-0.2, 0) is 0 Å². The van der Waals surface area contributed by atoms with Crippen molar-refractivity contribution in [3.05, 3.63) is 21.8 Å². The van der Waals surface area contributed by atoms with Gasteiger partial charge in [0, 0.05) is 6.54 Å². The summed E-state index contributed by atoms with van der Waals surface area (Å²) < 4.78 is 0. The van der Waals surface area contributed by atoms with E-state index in [0.717, 1.165) is 6.54 Å². The second-order valence-electron chi connectivity index (χ2n) is 2.87. The molecule has 0 aromatic carbocycles. The maximum atomic E-state index is 5.95. The van der Waals surface area contributed by atoms with Gasteiger partial charge in [0.1, 0.15) is 0 Å². The molecule has 0 aliphatic rings. The summed E-state index contributed by atoms with van der Waals surface area (Å²) in [4.78, 5) is 4.19. The van der Waals surface area contributed by atoms with E-state index >= 15 is 0 Å². The lowest BCUT2D eigenvalue weighted by atomic mass is 10.3. The summed E-state index contributed by atoms with van der Waals surface area (Å²) in [6.45, 7) is 4.51. The first kappa shape index (κ1) is 12.5. The van der Waals surface area contributed by atoms with Gasteiger partial charge >= 0.3 is 0 Å². The monoisotopic (exact) mass is 263 g/mol. The van der Waals surface area contributed by atoms with Gasteiger partial charge in [0.15, 0.2) is 10.9 Å². The van der Waals surface area contributed by atoms with Gasteiger partial charge in [-0.1, -0.05) is 23.2 Å². The van der Waals surface area contributed by atoms with Crippen molar-refractivity contribution in [1.29, 1.82) is 0 Å². The molecule has 0 radical (unpaired) electrons. The Balaban J connectivity index is 2.86. The number of anilines is 1. The topological polar surface area (TPSA) is 37.0 Å². The first-order chi connectivity index (χ1) is 7.04. The minimum atomic E-state index is 0.450. The predicted octanol–water partition coefficient (Wildman–Crippen LogP) is 3.00. The van der Waals surface area contributed by atoms with Crippen LogP contribution in [-0.4, -0.2) is 16.6 Å². The number of hydrogen-bond donors (Lipinski definition) is 2. The second kappa shape index (κ2) is 5.49. The van der Waals surface area contributed by atoms with E-state index in [2.05, 4.69) is 15.6 Å². The average Bonchev–Trinajstić information content (AvgIpc) is 2.14. The molecule has 15 heavy (non-hydrogen) atoms. The van der Waals surface area contributed by atoms with Crippen LogP contribution in [0.3, 0.4) is 0 Å². The van der Waals surface area contributed by atoms with Crippen molar-refractivity contribution in [1.82, 2.24) is 10.3 Å². The van der Waals surface area contributed by atoms with Crippen molar-refractivity contribution < 1.29 is 0 Å². The summed E-state index contributed by atoms with van der Waals surface area (Å²) in [7, 11) is 0. The van der Waals surface area contributed by atoms with Gasteiger partial charge in [-0.05, 0) is 32.1 Å². The summed E-state index contributed by atoms with van der Waals surface area (Å²) in [5.41, 5.74) is 0.711. The van der Waals surface area contributed by atoms with Gasteiger partial charge in [-0.2, -0.15) is 0 Å². The summed E-state index contributed by atoms with van der Waals surface area (Å²) in [6.07, 6.45) is 0.